The van der Waals surface area contributed by atoms with Crippen LogP contribution in [0.15, 0.2) is 18.2 Å². The Morgan fingerprint density at radius 3 is 2.63 bits per heavy atom. The van der Waals surface area contributed by atoms with Crippen LogP contribution in [0.2, 0.25) is 0 Å². The van der Waals surface area contributed by atoms with Crippen molar-refractivity contribution < 1.29 is 19.8 Å². The van der Waals surface area contributed by atoms with E-state index in [1.54, 1.807) is 18.2 Å². The molecule has 0 bridgehead atoms. The number of amides is 2. The van der Waals surface area contributed by atoms with Gasteiger partial charge >= 0.3 is 12.2 Å². The minimum atomic E-state index is -1.53. The van der Waals surface area contributed by atoms with Crippen LogP contribution in [0, 0.1) is 11.3 Å². The monoisotopic (exact) mass is 277 g/mol. The molecule has 2 N–H and O–H groups in total. The van der Waals surface area contributed by atoms with Gasteiger partial charge in [0.15, 0.2) is 5.01 Å². The van der Waals surface area contributed by atoms with Crippen molar-refractivity contribution >= 4 is 33.7 Å². The highest BCUT2D eigenvalue weighted by atomic mass is 32.1. The van der Waals surface area contributed by atoms with Crippen LogP contribution in [-0.4, -0.2) is 32.3 Å². The number of rotatable bonds is 2. The molecule has 0 fully saturated rings. The summed E-state index contributed by atoms with van der Waals surface area (Å²) >= 11 is 1.17. The fraction of sp³-hybridized carbons (Fsp3) is 0.0909. The van der Waals surface area contributed by atoms with Gasteiger partial charge in [0.25, 0.3) is 0 Å². The largest absolute Gasteiger partial charge is 0.465 e. The number of hydrogen-bond donors (Lipinski definition) is 2. The molecule has 0 aliphatic rings. The van der Waals surface area contributed by atoms with Gasteiger partial charge in [-0.05, 0) is 17.7 Å². The fourth-order valence-electron chi connectivity index (χ4n) is 1.51. The van der Waals surface area contributed by atoms with Gasteiger partial charge in [0, 0.05) is 0 Å². The third kappa shape index (κ3) is 2.61. The van der Waals surface area contributed by atoms with Gasteiger partial charge in [0.05, 0.1) is 16.8 Å². The Morgan fingerprint density at radius 2 is 2.05 bits per heavy atom. The van der Waals surface area contributed by atoms with Gasteiger partial charge < -0.3 is 10.2 Å². The van der Waals surface area contributed by atoms with E-state index in [0.29, 0.717) is 20.8 Å². The molecule has 8 heteroatoms. The molecule has 7 nitrogen and oxygen atoms in total. The summed E-state index contributed by atoms with van der Waals surface area (Å²) in [5, 5.41) is 26.5. The van der Waals surface area contributed by atoms with E-state index in [-0.39, 0.29) is 11.4 Å². The molecule has 0 saturated heterocycles. The van der Waals surface area contributed by atoms with Gasteiger partial charge in [-0.1, -0.05) is 6.07 Å². The zero-order valence-corrected chi connectivity index (χ0v) is 10.2. The minimum Gasteiger partial charge on any atom is -0.465 e. The lowest BCUT2D eigenvalue weighted by molar-refractivity contribution is 0.120. The lowest BCUT2D eigenvalue weighted by Gasteiger charge is -2.12. The summed E-state index contributed by atoms with van der Waals surface area (Å²) < 4.78 is 0.713. The zero-order valence-electron chi connectivity index (χ0n) is 9.40. The molecule has 0 unspecified atom stereocenters. The average molecular weight is 277 g/mol. The van der Waals surface area contributed by atoms with Gasteiger partial charge in [-0.15, -0.1) is 11.3 Å². The Labute approximate surface area is 110 Å². The molecule has 0 aliphatic carbocycles. The van der Waals surface area contributed by atoms with Gasteiger partial charge in [-0.3, -0.25) is 0 Å². The van der Waals surface area contributed by atoms with Crippen molar-refractivity contribution in [2.24, 2.45) is 0 Å². The Balaban J connectivity index is 2.33. The Morgan fingerprint density at radius 1 is 1.37 bits per heavy atom. The van der Waals surface area contributed by atoms with E-state index in [2.05, 4.69) is 4.98 Å². The molecular formula is C11H7N3O4S. The normalized spacial score (nSPS) is 10.1. The van der Waals surface area contributed by atoms with Gasteiger partial charge in [-0.25, -0.2) is 19.5 Å². The number of thiazole rings is 1. The van der Waals surface area contributed by atoms with Crippen LogP contribution in [-0.2, 0) is 6.54 Å². The third-order valence-corrected chi connectivity index (χ3v) is 3.27. The first-order valence-corrected chi connectivity index (χ1v) is 5.86. The third-order valence-electron chi connectivity index (χ3n) is 2.35. The van der Waals surface area contributed by atoms with Crippen molar-refractivity contribution in [3.63, 3.8) is 0 Å². The van der Waals surface area contributed by atoms with Gasteiger partial charge in [0.2, 0.25) is 0 Å². The highest BCUT2D eigenvalue weighted by molar-refractivity contribution is 7.19. The molecule has 19 heavy (non-hydrogen) atoms. The van der Waals surface area contributed by atoms with Crippen molar-refractivity contribution in [1.82, 2.24) is 9.88 Å². The first kappa shape index (κ1) is 12.8. The second-order valence-electron chi connectivity index (χ2n) is 3.58. The number of nitriles is 1. The molecule has 1 aromatic heterocycles. The Kier molecular flexibility index (Phi) is 3.31. The maximum absolute atomic E-state index is 10.8. The Bertz CT molecular complexity index is 690. The van der Waals surface area contributed by atoms with E-state index >= 15 is 0 Å². The van der Waals surface area contributed by atoms with Crippen LogP contribution in [0.25, 0.3) is 10.2 Å². The molecule has 2 amide bonds. The predicted octanol–water partition coefficient (Wildman–Crippen LogP) is 2.33. The topological polar surface area (TPSA) is 115 Å². The molecule has 0 radical (unpaired) electrons. The van der Waals surface area contributed by atoms with Crippen molar-refractivity contribution in [2.45, 2.75) is 6.54 Å². The lowest BCUT2D eigenvalue weighted by Crippen LogP contribution is -2.33. The summed E-state index contributed by atoms with van der Waals surface area (Å²) in [7, 11) is 0. The summed E-state index contributed by atoms with van der Waals surface area (Å²) in [6.45, 7) is -0.263. The maximum Gasteiger partial charge on any atom is 0.417 e. The van der Waals surface area contributed by atoms with Crippen LogP contribution in [0.4, 0.5) is 9.59 Å². The first-order valence-electron chi connectivity index (χ1n) is 5.04. The van der Waals surface area contributed by atoms with E-state index in [4.69, 9.17) is 15.5 Å². The molecule has 2 rings (SSSR count). The number of benzene rings is 1. The number of carboxylic acid groups (broad SMARTS) is 2. The molecule has 96 valence electrons. The van der Waals surface area contributed by atoms with E-state index in [1.165, 1.54) is 11.3 Å². The molecule has 2 aromatic rings. The molecule has 0 atom stereocenters. The summed E-state index contributed by atoms with van der Waals surface area (Å²) in [5.74, 6) is 0. The maximum atomic E-state index is 10.8. The van der Waals surface area contributed by atoms with Crippen molar-refractivity contribution in [3.05, 3.63) is 28.8 Å². The smallest absolute Gasteiger partial charge is 0.417 e. The summed E-state index contributed by atoms with van der Waals surface area (Å²) in [6, 6.07) is 6.77. The highest BCUT2D eigenvalue weighted by Crippen LogP contribution is 2.23. The SMILES string of the molecule is N#Cc1nc2ccc(CN(C(=O)O)C(=O)O)cc2s1. The van der Waals surface area contributed by atoms with Crippen molar-refractivity contribution in [1.29, 1.82) is 5.26 Å². The van der Waals surface area contributed by atoms with Crippen LogP contribution in [0.3, 0.4) is 0 Å². The average Bonchev–Trinajstić information content (AvgIpc) is 2.77. The van der Waals surface area contributed by atoms with E-state index in [1.807, 2.05) is 6.07 Å². The fourth-order valence-corrected chi connectivity index (χ4v) is 2.34. The van der Waals surface area contributed by atoms with Crippen molar-refractivity contribution in [2.75, 3.05) is 0 Å². The van der Waals surface area contributed by atoms with Gasteiger partial charge in [-0.2, -0.15) is 5.26 Å². The van der Waals surface area contributed by atoms with Crippen LogP contribution < -0.4 is 0 Å². The lowest BCUT2D eigenvalue weighted by atomic mass is 10.2. The standard InChI is InChI=1S/C11H7N3O4S/c12-4-9-13-7-2-1-6(3-8(7)19-9)5-14(10(15)16)11(17)18/h1-3H,5H2,(H,15,16)(H,17,18). The summed E-state index contributed by atoms with van der Waals surface area (Å²) in [5.41, 5.74) is 1.15. The second-order valence-corrected chi connectivity index (χ2v) is 4.61. The second kappa shape index (κ2) is 4.91. The molecule has 0 saturated carbocycles. The van der Waals surface area contributed by atoms with Gasteiger partial charge in [0.1, 0.15) is 6.07 Å². The van der Waals surface area contributed by atoms with Crippen molar-refractivity contribution in [3.8, 4) is 6.07 Å². The molecule has 1 aromatic carbocycles. The quantitative estimate of drug-likeness (QED) is 0.870. The number of fused-ring (bicyclic) bond motifs is 1. The summed E-state index contributed by atoms with van der Waals surface area (Å²) in [6.07, 6.45) is -3.07. The number of nitrogens with zero attached hydrogens (tertiary/aromatic N) is 3. The van der Waals surface area contributed by atoms with E-state index < -0.39 is 12.2 Å². The van der Waals surface area contributed by atoms with Crippen LogP contribution in [0.1, 0.15) is 10.6 Å². The number of aromatic nitrogens is 1. The zero-order chi connectivity index (χ0) is 14.0. The van der Waals surface area contributed by atoms with E-state index in [9.17, 15) is 9.59 Å². The predicted molar refractivity (Wildman–Crippen MR) is 65.9 cm³/mol. The van der Waals surface area contributed by atoms with E-state index in [0.717, 1.165) is 0 Å². The number of carbonyl (C=O) groups is 2. The highest BCUT2D eigenvalue weighted by Gasteiger charge is 2.20. The first-order chi connectivity index (χ1) is 9.01. The molecule has 0 aliphatic heterocycles. The number of hydrogen-bond acceptors (Lipinski definition) is 5. The number of imide groups is 1. The Hall–Kier alpha value is -2.66. The summed E-state index contributed by atoms with van der Waals surface area (Å²) in [4.78, 5) is 25.8. The van der Waals surface area contributed by atoms with Crippen LogP contribution >= 0.6 is 11.3 Å². The minimum absolute atomic E-state index is 0.263. The van der Waals surface area contributed by atoms with Crippen LogP contribution in [0.5, 0.6) is 0 Å². The molecule has 1 heterocycles. The molecular weight excluding hydrogens is 270 g/mol. The molecule has 0 spiro atoms.